The van der Waals surface area contributed by atoms with Crippen LogP contribution in [0.2, 0.25) is 0 Å². The van der Waals surface area contributed by atoms with Gasteiger partial charge in [-0.15, -0.1) is 0 Å². The lowest BCUT2D eigenvalue weighted by Gasteiger charge is -2.36. The molecule has 0 saturated carbocycles. The molecule has 5 nitrogen and oxygen atoms in total. The fraction of sp³-hybridized carbons (Fsp3) is 0.385. The number of aromatic nitrogens is 1. The third kappa shape index (κ3) is 5.07. The van der Waals surface area contributed by atoms with Gasteiger partial charge in [0.05, 0.1) is 11.1 Å². The number of amides is 1. The van der Waals surface area contributed by atoms with Crippen molar-refractivity contribution >= 4 is 22.6 Å². The molecule has 168 valence electrons. The number of nitrogens with zero attached hydrogens (tertiary/aromatic N) is 1. The van der Waals surface area contributed by atoms with E-state index in [2.05, 4.69) is 24.1 Å². The lowest BCUT2D eigenvalue weighted by atomic mass is 9.92. The second kappa shape index (κ2) is 8.87. The Morgan fingerprint density at radius 2 is 1.94 bits per heavy atom. The number of nitrogens with one attached hydrogen (secondary N) is 1. The van der Waals surface area contributed by atoms with E-state index in [1.807, 2.05) is 31.2 Å². The van der Waals surface area contributed by atoms with Crippen LogP contribution >= 0.6 is 0 Å². The average Bonchev–Trinajstić information content (AvgIpc) is 2.74. The minimum absolute atomic E-state index is 0.0206. The van der Waals surface area contributed by atoms with E-state index in [0.29, 0.717) is 18.8 Å². The smallest absolute Gasteiger partial charge is 0.223 e. The number of nitrogen functional groups attached to an aromatic ring is 1. The number of pyridine rings is 1. The van der Waals surface area contributed by atoms with Crippen molar-refractivity contribution in [2.45, 2.75) is 51.7 Å². The summed E-state index contributed by atoms with van der Waals surface area (Å²) in [4.78, 5) is 17.4. The molecule has 2 aromatic carbocycles. The Labute approximate surface area is 188 Å². The SMILES string of the molecule is CC(Cc1cc2cc(-c3ccc(F)cc3)ccc2nc1N)C(=O)NC1CCOC(C)(C)C1. The van der Waals surface area contributed by atoms with Crippen molar-refractivity contribution in [2.24, 2.45) is 5.92 Å². The molecule has 6 heteroatoms. The molecular formula is C26H30FN3O2. The standard InChI is InChI=1S/C26H30FN3O2/c1-16(25(31)29-22-10-11-32-26(2,3)15-22)12-20-14-19-13-18(6-9-23(19)30-24(20)28)17-4-7-21(27)8-5-17/h4-9,13-14,16,22H,10-12,15H2,1-3H3,(H2,28,30)(H,29,31). The topological polar surface area (TPSA) is 77.2 Å². The molecule has 0 radical (unpaired) electrons. The van der Waals surface area contributed by atoms with E-state index in [9.17, 15) is 9.18 Å². The van der Waals surface area contributed by atoms with Gasteiger partial charge < -0.3 is 15.8 Å². The molecule has 32 heavy (non-hydrogen) atoms. The average molecular weight is 436 g/mol. The Morgan fingerprint density at radius 3 is 2.66 bits per heavy atom. The number of benzene rings is 2. The van der Waals surface area contributed by atoms with Gasteiger partial charge in [-0.2, -0.15) is 0 Å². The summed E-state index contributed by atoms with van der Waals surface area (Å²) in [6, 6.07) is 14.4. The van der Waals surface area contributed by atoms with Crippen LogP contribution in [0.1, 0.15) is 39.2 Å². The van der Waals surface area contributed by atoms with Crippen LogP contribution in [-0.2, 0) is 16.0 Å². The van der Waals surface area contributed by atoms with Crippen LogP contribution in [0, 0.1) is 11.7 Å². The summed E-state index contributed by atoms with van der Waals surface area (Å²) in [6.07, 6.45) is 2.14. The maximum atomic E-state index is 13.3. The van der Waals surface area contributed by atoms with Gasteiger partial charge in [-0.1, -0.05) is 25.1 Å². The molecule has 3 N–H and O–H groups in total. The highest BCUT2D eigenvalue weighted by Gasteiger charge is 2.30. The maximum Gasteiger partial charge on any atom is 0.223 e. The monoisotopic (exact) mass is 435 g/mol. The highest BCUT2D eigenvalue weighted by molar-refractivity contribution is 5.87. The Bertz CT molecular complexity index is 1130. The number of ether oxygens (including phenoxy) is 1. The molecule has 1 aliphatic rings. The first-order valence-corrected chi connectivity index (χ1v) is 11.1. The Kier molecular flexibility index (Phi) is 6.15. The first-order valence-electron chi connectivity index (χ1n) is 11.1. The van der Waals surface area contributed by atoms with Crippen LogP contribution < -0.4 is 11.1 Å². The fourth-order valence-electron chi connectivity index (χ4n) is 4.34. The van der Waals surface area contributed by atoms with E-state index in [0.717, 1.165) is 40.4 Å². The molecule has 0 spiro atoms. The van der Waals surface area contributed by atoms with Crippen molar-refractivity contribution in [1.82, 2.24) is 10.3 Å². The zero-order valence-corrected chi connectivity index (χ0v) is 18.8. The van der Waals surface area contributed by atoms with Crippen LogP contribution in [0.25, 0.3) is 22.0 Å². The lowest BCUT2D eigenvalue weighted by Crippen LogP contribution is -2.47. The predicted octanol–water partition coefficient (Wildman–Crippen LogP) is 4.88. The number of anilines is 1. The van der Waals surface area contributed by atoms with Crippen molar-refractivity contribution in [3.63, 3.8) is 0 Å². The molecule has 0 aliphatic carbocycles. The van der Waals surface area contributed by atoms with Gasteiger partial charge in [-0.05, 0) is 80.1 Å². The van der Waals surface area contributed by atoms with Gasteiger partial charge in [-0.25, -0.2) is 9.37 Å². The number of rotatable bonds is 5. The molecule has 1 fully saturated rings. The summed E-state index contributed by atoms with van der Waals surface area (Å²) in [6.45, 7) is 6.68. The summed E-state index contributed by atoms with van der Waals surface area (Å²) in [5.74, 6) is -0.0308. The Morgan fingerprint density at radius 1 is 1.22 bits per heavy atom. The summed E-state index contributed by atoms with van der Waals surface area (Å²) >= 11 is 0. The zero-order valence-electron chi connectivity index (χ0n) is 18.8. The molecule has 1 aromatic heterocycles. The van der Waals surface area contributed by atoms with Gasteiger partial charge >= 0.3 is 0 Å². The van der Waals surface area contributed by atoms with Crippen molar-refractivity contribution in [2.75, 3.05) is 12.3 Å². The minimum Gasteiger partial charge on any atom is -0.383 e. The van der Waals surface area contributed by atoms with Crippen LogP contribution in [0.3, 0.4) is 0 Å². The highest BCUT2D eigenvalue weighted by atomic mass is 19.1. The number of carbonyl (C=O) groups excluding carboxylic acids is 1. The Hall–Kier alpha value is -2.99. The van der Waals surface area contributed by atoms with Crippen molar-refractivity contribution in [1.29, 1.82) is 0 Å². The number of hydrogen-bond donors (Lipinski definition) is 2. The van der Waals surface area contributed by atoms with E-state index in [4.69, 9.17) is 10.5 Å². The second-order valence-corrected chi connectivity index (χ2v) is 9.36. The van der Waals surface area contributed by atoms with E-state index in [-0.39, 0.29) is 29.3 Å². The number of hydrogen-bond acceptors (Lipinski definition) is 4. The van der Waals surface area contributed by atoms with E-state index >= 15 is 0 Å². The molecule has 0 bridgehead atoms. The number of fused-ring (bicyclic) bond motifs is 1. The molecule has 2 atom stereocenters. The third-order valence-electron chi connectivity index (χ3n) is 6.12. The Balaban J connectivity index is 1.50. The van der Waals surface area contributed by atoms with Gasteiger partial charge in [-0.3, -0.25) is 4.79 Å². The highest BCUT2D eigenvalue weighted by Crippen LogP contribution is 2.28. The van der Waals surface area contributed by atoms with E-state index in [1.54, 1.807) is 12.1 Å². The van der Waals surface area contributed by atoms with Gasteiger partial charge in [0.1, 0.15) is 11.6 Å². The van der Waals surface area contributed by atoms with Crippen molar-refractivity contribution in [3.05, 3.63) is 59.9 Å². The second-order valence-electron chi connectivity index (χ2n) is 9.36. The molecule has 1 aliphatic heterocycles. The van der Waals surface area contributed by atoms with E-state index in [1.165, 1.54) is 12.1 Å². The summed E-state index contributed by atoms with van der Waals surface area (Å²) in [5, 5.41) is 4.12. The third-order valence-corrected chi connectivity index (χ3v) is 6.12. The molecule has 1 saturated heterocycles. The van der Waals surface area contributed by atoms with Crippen molar-refractivity contribution < 1.29 is 13.9 Å². The van der Waals surface area contributed by atoms with Gasteiger partial charge in [0.15, 0.2) is 0 Å². The first kappa shape index (κ1) is 22.2. The molecule has 3 aromatic rings. The number of carbonyl (C=O) groups is 1. The van der Waals surface area contributed by atoms with Crippen LogP contribution in [0.4, 0.5) is 10.2 Å². The van der Waals surface area contributed by atoms with Crippen LogP contribution in [0.5, 0.6) is 0 Å². The maximum absolute atomic E-state index is 13.3. The largest absolute Gasteiger partial charge is 0.383 e. The lowest BCUT2D eigenvalue weighted by molar-refractivity contribution is -0.127. The van der Waals surface area contributed by atoms with Gasteiger partial charge in [0, 0.05) is 24.0 Å². The predicted molar refractivity (Wildman–Crippen MR) is 126 cm³/mol. The first-order chi connectivity index (χ1) is 15.2. The van der Waals surface area contributed by atoms with Gasteiger partial charge in [0.25, 0.3) is 0 Å². The van der Waals surface area contributed by atoms with Crippen LogP contribution in [0.15, 0.2) is 48.5 Å². The molecular weight excluding hydrogens is 405 g/mol. The summed E-state index contributed by atoms with van der Waals surface area (Å²) in [5.41, 5.74) is 9.55. The zero-order chi connectivity index (χ0) is 22.9. The summed E-state index contributed by atoms with van der Waals surface area (Å²) in [7, 11) is 0. The van der Waals surface area contributed by atoms with E-state index < -0.39 is 0 Å². The number of nitrogens with two attached hydrogens (primary N) is 1. The quantitative estimate of drug-likeness (QED) is 0.599. The van der Waals surface area contributed by atoms with Gasteiger partial charge in [0.2, 0.25) is 5.91 Å². The minimum atomic E-state index is -0.261. The van der Waals surface area contributed by atoms with Crippen LogP contribution in [-0.4, -0.2) is 29.1 Å². The molecule has 4 rings (SSSR count). The normalized spacial score (nSPS) is 18.9. The summed E-state index contributed by atoms with van der Waals surface area (Å²) < 4.78 is 19.0. The molecule has 2 unspecified atom stereocenters. The van der Waals surface area contributed by atoms with Crippen molar-refractivity contribution in [3.8, 4) is 11.1 Å². The molecule has 1 amide bonds. The number of halogens is 1. The molecule has 2 heterocycles. The fourth-order valence-corrected chi connectivity index (χ4v) is 4.34.